The monoisotopic (exact) mass is 285 g/mol. The second kappa shape index (κ2) is 5.16. The van der Waals surface area contributed by atoms with Crippen LogP contribution in [0.1, 0.15) is 29.3 Å². The lowest BCUT2D eigenvalue weighted by Gasteiger charge is -2.09. The molecule has 0 fully saturated rings. The fourth-order valence-corrected chi connectivity index (χ4v) is 1.90. The number of aromatic nitrogens is 4. The topological polar surface area (TPSA) is 114 Å². The molecule has 0 saturated heterocycles. The van der Waals surface area contributed by atoms with Crippen molar-refractivity contribution in [3.8, 4) is 0 Å². The summed E-state index contributed by atoms with van der Waals surface area (Å²) in [5.41, 5.74) is 0.0941. The minimum Gasteiger partial charge on any atom is -0.451 e. The van der Waals surface area contributed by atoms with E-state index in [-0.39, 0.29) is 11.2 Å². The van der Waals surface area contributed by atoms with E-state index in [0.29, 0.717) is 16.8 Å². The van der Waals surface area contributed by atoms with Crippen molar-refractivity contribution in [2.75, 3.05) is 0 Å². The molecule has 1 amide bonds. The first-order chi connectivity index (χ1) is 10.1. The highest BCUT2D eigenvalue weighted by Gasteiger charge is 2.17. The van der Waals surface area contributed by atoms with Gasteiger partial charge in [-0.2, -0.15) is 5.21 Å². The van der Waals surface area contributed by atoms with Gasteiger partial charge in [-0.3, -0.25) is 9.59 Å². The quantitative estimate of drug-likeness (QED) is 0.735. The van der Waals surface area contributed by atoms with Gasteiger partial charge in [0.2, 0.25) is 0 Å². The number of H-pyrrole nitrogens is 1. The van der Waals surface area contributed by atoms with Crippen molar-refractivity contribution in [3.63, 3.8) is 0 Å². The Morgan fingerprint density at radius 1 is 1.38 bits per heavy atom. The Morgan fingerprint density at radius 3 is 2.95 bits per heavy atom. The Morgan fingerprint density at radius 2 is 2.19 bits per heavy atom. The zero-order chi connectivity index (χ0) is 14.8. The minimum absolute atomic E-state index is 0.0611. The fraction of sp³-hybridized carbons (Fsp3) is 0.154. The number of benzene rings is 1. The Bertz CT molecular complexity index is 840. The van der Waals surface area contributed by atoms with E-state index in [1.165, 1.54) is 6.07 Å². The van der Waals surface area contributed by atoms with Crippen molar-refractivity contribution < 1.29 is 9.21 Å². The molecule has 8 nitrogen and oxygen atoms in total. The van der Waals surface area contributed by atoms with E-state index in [9.17, 15) is 9.59 Å². The molecule has 1 aromatic carbocycles. The Balaban J connectivity index is 1.90. The van der Waals surface area contributed by atoms with Gasteiger partial charge in [0, 0.05) is 6.07 Å². The van der Waals surface area contributed by atoms with Crippen LogP contribution in [0.4, 0.5) is 0 Å². The lowest BCUT2D eigenvalue weighted by Crippen LogP contribution is -2.28. The summed E-state index contributed by atoms with van der Waals surface area (Å²) in [6.45, 7) is 1.70. The smallest absolute Gasteiger partial charge is 0.287 e. The van der Waals surface area contributed by atoms with Crippen LogP contribution >= 0.6 is 0 Å². The number of fused-ring (bicyclic) bond motifs is 1. The third kappa shape index (κ3) is 2.50. The Kier molecular flexibility index (Phi) is 3.19. The summed E-state index contributed by atoms with van der Waals surface area (Å²) in [7, 11) is 0. The highest BCUT2D eigenvalue weighted by molar-refractivity contribution is 5.93. The molecule has 0 spiro atoms. The Labute approximate surface area is 118 Å². The van der Waals surface area contributed by atoms with E-state index >= 15 is 0 Å². The van der Waals surface area contributed by atoms with Crippen molar-refractivity contribution in [1.29, 1.82) is 0 Å². The van der Waals surface area contributed by atoms with Gasteiger partial charge in [-0.1, -0.05) is 17.3 Å². The third-order valence-electron chi connectivity index (χ3n) is 2.96. The van der Waals surface area contributed by atoms with Crippen LogP contribution in [0.2, 0.25) is 0 Å². The molecular formula is C13H11N5O3. The van der Waals surface area contributed by atoms with Crippen molar-refractivity contribution in [3.05, 3.63) is 52.1 Å². The molecule has 106 valence electrons. The minimum atomic E-state index is -0.518. The first kappa shape index (κ1) is 13.0. The number of aromatic amines is 1. The number of nitrogens with one attached hydrogen (secondary N) is 2. The van der Waals surface area contributed by atoms with Crippen LogP contribution in [0, 0.1) is 0 Å². The SMILES string of the molecule is CC(NC(=O)c1cc(=O)c2ccccc2o1)c1nn[nH]n1. The van der Waals surface area contributed by atoms with Crippen LogP contribution in [0.3, 0.4) is 0 Å². The molecule has 3 rings (SSSR count). The first-order valence-corrected chi connectivity index (χ1v) is 6.22. The maximum atomic E-state index is 12.1. The molecule has 2 aromatic heterocycles. The predicted molar refractivity (Wildman–Crippen MR) is 72.5 cm³/mol. The van der Waals surface area contributed by atoms with Crippen LogP contribution in [0.15, 0.2) is 39.5 Å². The van der Waals surface area contributed by atoms with Gasteiger partial charge in [0.05, 0.1) is 11.4 Å². The predicted octanol–water partition coefficient (Wildman–Crippen LogP) is 0.797. The number of para-hydroxylation sites is 1. The molecule has 0 aliphatic carbocycles. The zero-order valence-electron chi connectivity index (χ0n) is 11.0. The van der Waals surface area contributed by atoms with E-state index < -0.39 is 11.9 Å². The number of nitrogens with zero attached hydrogens (tertiary/aromatic N) is 3. The van der Waals surface area contributed by atoms with Gasteiger partial charge in [-0.05, 0) is 19.1 Å². The van der Waals surface area contributed by atoms with Gasteiger partial charge in [0.15, 0.2) is 17.0 Å². The standard InChI is InChI=1S/C13H11N5O3/c1-7(12-15-17-18-16-12)14-13(20)11-6-9(19)8-4-2-3-5-10(8)21-11/h2-7H,1H3,(H,14,20)(H,15,16,17,18). The molecule has 0 aliphatic heterocycles. The van der Waals surface area contributed by atoms with Gasteiger partial charge in [0.25, 0.3) is 5.91 Å². The maximum Gasteiger partial charge on any atom is 0.287 e. The summed E-state index contributed by atoms with van der Waals surface area (Å²) in [5, 5.41) is 16.3. The lowest BCUT2D eigenvalue weighted by atomic mass is 10.2. The zero-order valence-corrected chi connectivity index (χ0v) is 11.0. The number of rotatable bonds is 3. The second-order valence-corrected chi connectivity index (χ2v) is 4.44. The molecule has 2 heterocycles. The molecule has 0 radical (unpaired) electrons. The van der Waals surface area contributed by atoms with Gasteiger partial charge in [-0.25, -0.2) is 0 Å². The van der Waals surface area contributed by atoms with Gasteiger partial charge in [-0.15, -0.1) is 10.2 Å². The summed E-state index contributed by atoms with van der Waals surface area (Å²) >= 11 is 0. The molecule has 0 aliphatic rings. The van der Waals surface area contributed by atoms with E-state index in [4.69, 9.17) is 4.42 Å². The van der Waals surface area contributed by atoms with Crippen LogP contribution in [0.5, 0.6) is 0 Å². The first-order valence-electron chi connectivity index (χ1n) is 6.22. The van der Waals surface area contributed by atoms with Crippen LogP contribution < -0.4 is 10.7 Å². The van der Waals surface area contributed by atoms with Crippen molar-refractivity contribution in [2.24, 2.45) is 0 Å². The van der Waals surface area contributed by atoms with Gasteiger partial charge in [0.1, 0.15) is 5.58 Å². The number of carbonyl (C=O) groups excluding carboxylic acids is 1. The summed E-state index contributed by atoms with van der Waals surface area (Å²) in [5.74, 6) is -0.240. The Hall–Kier alpha value is -3.03. The lowest BCUT2D eigenvalue weighted by molar-refractivity contribution is 0.0911. The largest absolute Gasteiger partial charge is 0.451 e. The third-order valence-corrected chi connectivity index (χ3v) is 2.96. The number of amides is 1. The van der Waals surface area contributed by atoms with E-state index in [1.54, 1.807) is 31.2 Å². The highest BCUT2D eigenvalue weighted by atomic mass is 16.3. The van der Waals surface area contributed by atoms with Crippen LogP contribution in [-0.4, -0.2) is 26.5 Å². The summed E-state index contributed by atoms with van der Waals surface area (Å²) < 4.78 is 5.45. The molecule has 0 saturated carbocycles. The van der Waals surface area contributed by atoms with E-state index in [2.05, 4.69) is 25.9 Å². The van der Waals surface area contributed by atoms with Crippen molar-refractivity contribution in [2.45, 2.75) is 13.0 Å². The number of hydrogen-bond acceptors (Lipinski definition) is 6. The van der Waals surface area contributed by atoms with E-state index in [1.807, 2.05) is 0 Å². The normalized spacial score (nSPS) is 12.2. The van der Waals surface area contributed by atoms with Gasteiger partial charge < -0.3 is 9.73 Å². The number of tetrazole rings is 1. The fourth-order valence-electron chi connectivity index (χ4n) is 1.90. The van der Waals surface area contributed by atoms with Crippen LogP contribution in [-0.2, 0) is 0 Å². The van der Waals surface area contributed by atoms with Crippen molar-refractivity contribution >= 4 is 16.9 Å². The average Bonchev–Trinajstić information content (AvgIpc) is 3.01. The second-order valence-electron chi connectivity index (χ2n) is 4.44. The molecule has 8 heteroatoms. The molecule has 3 aromatic rings. The molecular weight excluding hydrogens is 274 g/mol. The summed E-state index contributed by atoms with van der Waals surface area (Å²) in [6.07, 6.45) is 0. The summed E-state index contributed by atoms with van der Waals surface area (Å²) in [4.78, 5) is 24.1. The molecule has 21 heavy (non-hydrogen) atoms. The average molecular weight is 285 g/mol. The van der Waals surface area contributed by atoms with Crippen molar-refractivity contribution in [1.82, 2.24) is 25.9 Å². The number of carbonyl (C=O) groups is 1. The molecule has 0 bridgehead atoms. The van der Waals surface area contributed by atoms with Crippen LogP contribution in [0.25, 0.3) is 11.0 Å². The van der Waals surface area contributed by atoms with E-state index in [0.717, 1.165) is 0 Å². The summed E-state index contributed by atoms with van der Waals surface area (Å²) in [6, 6.07) is 7.45. The number of hydrogen-bond donors (Lipinski definition) is 2. The maximum absolute atomic E-state index is 12.1. The molecule has 1 atom stereocenters. The molecule has 2 N–H and O–H groups in total. The highest BCUT2D eigenvalue weighted by Crippen LogP contribution is 2.12. The van der Waals surface area contributed by atoms with Gasteiger partial charge >= 0.3 is 0 Å². The molecule has 1 unspecified atom stereocenters.